The molecule has 0 spiro atoms. The van der Waals surface area contributed by atoms with E-state index in [4.69, 9.17) is 9.47 Å². The van der Waals surface area contributed by atoms with Crippen LogP contribution in [0, 0.1) is 11.6 Å². The summed E-state index contributed by atoms with van der Waals surface area (Å²) in [6.45, 7) is 5.32. The SMILES string of the molecule is CC(=O)N1CCN(CCOc2ccc(NC(=O)COc3ccc(F)cc3F)cc2-c2ccnn2C)CC1. The van der Waals surface area contributed by atoms with E-state index in [-0.39, 0.29) is 11.7 Å². The monoisotopic (exact) mass is 513 g/mol. The zero-order valence-electron chi connectivity index (χ0n) is 20.7. The van der Waals surface area contributed by atoms with Gasteiger partial charge in [-0.25, -0.2) is 8.78 Å². The summed E-state index contributed by atoms with van der Waals surface area (Å²) in [6, 6.07) is 9.97. The standard InChI is InChI=1S/C26H29F2N5O4/c1-18(34)33-11-9-32(10-12-33)13-14-36-24-6-4-20(16-21(24)23-7-8-29-31(23)2)30-26(35)17-37-25-5-3-19(27)15-22(25)28/h3-8,15-16H,9-14,17H2,1-2H3,(H,30,35). The van der Waals surface area contributed by atoms with Gasteiger partial charge in [0, 0.05) is 70.2 Å². The number of anilines is 1. The number of aryl methyl sites for hydroxylation is 1. The predicted molar refractivity (Wildman–Crippen MR) is 133 cm³/mol. The van der Waals surface area contributed by atoms with E-state index in [0.717, 1.165) is 36.5 Å². The van der Waals surface area contributed by atoms with E-state index in [1.54, 1.807) is 36.0 Å². The first-order valence-electron chi connectivity index (χ1n) is 11.9. The van der Waals surface area contributed by atoms with Crippen LogP contribution in [0.25, 0.3) is 11.3 Å². The van der Waals surface area contributed by atoms with Crippen LogP contribution in [0.15, 0.2) is 48.7 Å². The van der Waals surface area contributed by atoms with Crippen molar-refractivity contribution in [3.05, 3.63) is 60.3 Å². The smallest absolute Gasteiger partial charge is 0.262 e. The van der Waals surface area contributed by atoms with Crippen LogP contribution in [-0.2, 0) is 16.6 Å². The fraction of sp³-hybridized carbons (Fsp3) is 0.346. The van der Waals surface area contributed by atoms with Crippen LogP contribution >= 0.6 is 0 Å². The maximum absolute atomic E-state index is 13.8. The highest BCUT2D eigenvalue weighted by Gasteiger charge is 2.19. The zero-order chi connectivity index (χ0) is 26.4. The molecule has 0 atom stereocenters. The Labute approximate surface area is 213 Å². The molecular weight excluding hydrogens is 484 g/mol. The van der Waals surface area contributed by atoms with E-state index in [1.807, 2.05) is 18.0 Å². The molecule has 4 rings (SSSR count). The molecule has 2 heterocycles. The maximum Gasteiger partial charge on any atom is 0.262 e. The van der Waals surface area contributed by atoms with Crippen LogP contribution < -0.4 is 14.8 Å². The fourth-order valence-electron chi connectivity index (χ4n) is 4.08. The number of piperazine rings is 1. The van der Waals surface area contributed by atoms with Gasteiger partial charge in [0.2, 0.25) is 5.91 Å². The number of amides is 2. The molecule has 2 aromatic carbocycles. The summed E-state index contributed by atoms with van der Waals surface area (Å²) in [5.74, 6) is -1.59. The first kappa shape index (κ1) is 26.1. The Kier molecular flexibility index (Phi) is 8.34. The second kappa shape index (κ2) is 11.8. The third kappa shape index (κ3) is 6.82. The van der Waals surface area contributed by atoms with Gasteiger partial charge in [0.1, 0.15) is 18.2 Å². The van der Waals surface area contributed by atoms with Gasteiger partial charge in [0.15, 0.2) is 18.2 Å². The van der Waals surface area contributed by atoms with Crippen molar-refractivity contribution in [2.24, 2.45) is 7.05 Å². The zero-order valence-corrected chi connectivity index (χ0v) is 20.7. The summed E-state index contributed by atoms with van der Waals surface area (Å²) in [7, 11) is 1.81. The van der Waals surface area contributed by atoms with E-state index in [1.165, 1.54) is 0 Å². The van der Waals surface area contributed by atoms with Crippen LogP contribution in [-0.4, -0.2) is 77.3 Å². The van der Waals surface area contributed by atoms with E-state index in [9.17, 15) is 18.4 Å². The molecule has 1 aromatic heterocycles. The summed E-state index contributed by atoms with van der Waals surface area (Å²) in [5.41, 5.74) is 2.03. The highest BCUT2D eigenvalue weighted by atomic mass is 19.1. The Morgan fingerprint density at radius 1 is 1.00 bits per heavy atom. The molecule has 37 heavy (non-hydrogen) atoms. The summed E-state index contributed by atoms with van der Waals surface area (Å²) in [4.78, 5) is 28.0. The molecule has 0 unspecified atom stereocenters. The number of carbonyl (C=O) groups is 2. The number of halogens is 2. The predicted octanol–water partition coefficient (Wildman–Crippen LogP) is 2.93. The second-order valence-electron chi connectivity index (χ2n) is 8.66. The molecule has 0 radical (unpaired) electrons. The molecule has 9 nitrogen and oxygen atoms in total. The van der Waals surface area contributed by atoms with E-state index in [0.29, 0.717) is 43.7 Å². The summed E-state index contributed by atoms with van der Waals surface area (Å²) in [6.07, 6.45) is 1.67. The van der Waals surface area contributed by atoms with Gasteiger partial charge in [-0.3, -0.25) is 19.2 Å². The van der Waals surface area contributed by atoms with Crippen LogP contribution in [0.4, 0.5) is 14.5 Å². The van der Waals surface area contributed by atoms with Gasteiger partial charge in [-0.05, 0) is 36.4 Å². The lowest BCUT2D eigenvalue weighted by molar-refractivity contribution is -0.130. The molecule has 2 amide bonds. The van der Waals surface area contributed by atoms with E-state index >= 15 is 0 Å². The van der Waals surface area contributed by atoms with Crippen molar-refractivity contribution in [1.29, 1.82) is 0 Å². The van der Waals surface area contributed by atoms with Crippen molar-refractivity contribution in [3.63, 3.8) is 0 Å². The molecule has 1 saturated heterocycles. The number of carbonyl (C=O) groups excluding carboxylic acids is 2. The van der Waals surface area contributed by atoms with Gasteiger partial charge in [-0.1, -0.05) is 0 Å². The van der Waals surface area contributed by atoms with E-state index in [2.05, 4.69) is 15.3 Å². The number of hydrogen-bond acceptors (Lipinski definition) is 6. The Balaban J connectivity index is 1.38. The quantitative estimate of drug-likeness (QED) is 0.474. The van der Waals surface area contributed by atoms with Gasteiger partial charge >= 0.3 is 0 Å². The number of hydrogen-bond donors (Lipinski definition) is 1. The molecule has 1 fully saturated rings. The lowest BCUT2D eigenvalue weighted by Gasteiger charge is -2.34. The van der Waals surface area contributed by atoms with Gasteiger partial charge < -0.3 is 19.7 Å². The topological polar surface area (TPSA) is 88.9 Å². The molecule has 1 N–H and O–H groups in total. The molecule has 11 heteroatoms. The Bertz CT molecular complexity index is 1260. The molecule has 0 aliphatic carbocycles. The van der Waals surface area contributed by atoms with Gasteiger partial charge in [0.05, 0.1) is 5.69 Å². The Morgan fingerprint density at radius 2 is 1.76 bits per heavy atom. The molecular formula is C26H29F2N5O4. The second-order valence-corrected chi connectivity index (χ2v) is 8.66. The largest absolute Gasteiger partial charge is 0.492 e. The van der Waals surface area contributed by atoms with Crippen molar-refractivity contribution in [3.8, 4) is 22.8 Å². The minimum Gasteiger partial charge on any atom is -0.492 e. The first-order valence-corrected chi connectivity index (χ1v) is 11.9. The number of nitrogens with zero attached hydrogens (tertiary/aromatic N) is 4. The number of nitrogens with one attached hydrogen (secondary N) is 1. The Hall–Kier alpha value is -3.99. The molecule has 196 valence electrons. The minimum atomic E-state index is -0.881. The van der Waals surface area contributed by atoms with Crippen LogP contribution in [0.5, 0.6) is 11.5 Å². The fourth-order valence-corrected chi connectivity index (χ4v) is 4.08. The molecule has 3 aromatic rings. The normalized spacial score (nSPS) is 13.9. The van der Waals surface area contributed by atoms with Gasteiger partial charge in [-0.2, -0.15) is 5.10 Å². The first-order chi connectivity index (χ1) is 17.8. The van der Waals surface area contributed by atoms with Crippen molar-refractivity contribution >= 4 is 17.5 Å². The van der Waals surface area contributed by atoms with Crippen molar-refractivity contribution in [2.75, 3.05) is 51.3 Å². The molecule has 1 aliphatic rings. The number of benzene rings is 2. The van der Waals surface area contributed by atoms with Crippen LogP contribution in [0.3, 0.4) is 0 Å². The van der Waals surface area contributed by atoms with Gasteiger partial charge in [-0.15, -0.1) is 0 Å². The lowest BCUT2D eigenvalue weighted by Crippen LogP contribution is -2.48. The lowest BCUT2D eigenvalue weighted by atomic mass is 10.1. The van der Waals surface area contributed by atoms with Crippen molar-refractivity contribution < 1.29 is 27.8 Å². The maximum atomic E-state index is 13.8. The molecule has 0 saturated carbocycles. The molecule has 1 aliphatic heterocycles. The average molecular weight is 514 g/mol. The van der Waals surface area contributed by atoms with Crippen LogP contribution in [0.2, 0.25) is 0 Å². The van der Waals surface area contributed by atoms with E-state index < -0.39 is 24.1 Å². The summed E-state index contributed by atoms with van der Waals surface area (Å²) in [5, 5.41) is 6.96. The van der Waals surface area contributed by atoms with Crippen molar-refractivity contribution in [1.82, 2.24) is 19.6 Å². The molecule has 0 bridgehead atoms. The number of ether oxygens (including phenoxy) is 2. The highest BCUT2D eigenvalue weighted by Crippen LogP contribution is 2.32. The number of aromatic nitrogens is 2. The van der Waals surface area contributed by atoms with Gasteiger partial charge in [0.25, 0.3) is 5.91 Å². The van der Waals surface area contributed by atoms with Crippen molar-refractivity contribution in [2.45, 2.75) is 6.92 Å². The summed E-state index contributed by atoms with van der Waals surface area (Å²) < 4.78 is 39.8. The Morgan fingerprint density at radius 3 is 2.43 bits per heavy atom. The summed E-state index contributed by atoms with van der Waals surface area (Å²) >= 11 is 0. The minimum absolute atomic E-state index is 0.0954. The average Bonchev–Trinajstić information content (AvgIpc) is 3.30. The third-order valence-electron chi connectivity index (χ3n) is 6.10. The van der Waals surface area contributed by atoms with Crippen LogP contribution in [0.1, 0.15) is 6.92 Å². The third-order valence-corrected chi connectivity index (χ3v) is 6.10. The number of rotatable bonds is 9. The highest BCUT2D eigenvalue weighted by molar-refractivity contribution is 5.93.